The topological polar surface area (TPSA) is 130 Å². The predicted molar refractivity (Wildman–Crippen MR) is 114 cm³/mol. The van der Waals surface area contributed by atoms with Gasteiger partial charge >= 0.3 is 5.97 Å². The van der Waals surface area contributed by atoms with E-state index < -0.39 is 22.0 Å². The molecule has 3 aromatic rings. The Labute approximate surface area is 188 Å². The van der Waals surface area contributed by atoms with Crippen molar-refractivity contribution in [3.8, 4) is 22.3 Å². The summed E-state index contributed by atoms with van der Waals surface area (Å²) >= 11 is 1.44. The first kappa shape index (κ1) is 22.2. The third-order valence-electron chi connectivity index (χ3n) is 4.57. The quantitative estimate of drug-likeness (QED) is 0.485. The lowest BCUT2D eigenvalue weighted by molar-refractivity contribution is -0.148. The molecule has 0 saturated heterocycles. The van der Waals surface area contributed by atoms with Gasteiger partial charge in [-0.2, -0.15) is 9.71 Å². The Morgan fingerprint density at radius 1 is 1.22 bits per heavy atom. The fourth-order valence-electron chi connectivity index (χ4n) is 2.92. The van der Waals surface area contributed by atoms with Gasteiger partial charge in [0.05, 0.1) is 9.77 Å². The fourth-order valence-corrected chi connectivity index (χ4v) is 4.91. The first-order valence-corrected chi connectivity index (χ1v) is 12.1. The summed E-state index contributed by atoms with van der Waals surface area (Å²) in [4.78, 5) is 17.6. The maximum Gasteiger partial charge on any atom is 0.324 e. The molecule has 4 rings (SSSR count). The van der Waals surface area contributed by atoms with E-state index in [4.69, 9.17) is 18.7 Å². The van der Waals surface area contributed by atoms with Gasteiger partial charge in [-0.15, -0.1) is 11.3 Å². The second-order valence-corrected chi connectivity index (χ2v) is 9.91. The zero-order valence-electron chi connectivity index (χ0n) is 17.3. The van der Waals surface area contributed by atoms with Crippen molar-refractivity contribution in [2.24, 2.45) is 5.92 Å². The summed E-state index contributed by atoms with van der Waals surface area (Å²) in [7, 11) is -4.03. The first-order valence-electron chi connectivity index (χ1n) is 9.78. The SMILES string of the molecule is CC(C)C(NS(=O)(=O)c1ccc2c(c1)OCCO2)C(=O)OCc1noc(-c2cccs2)n1. The number of nitrogens with one attached hydrogen (secondary N) is 1. The first-order chi connectivity index (χ1) is 15.3. The summed E-state index contributed by atoms with van der Waals surface area (Å²) in [5.41, 5.74) is 0. The summed E-state index contributed by atoms with van der Waals surface area (Å²) in [6.45, 7) is 3.90. The number of rotatable bonds is 8. The summed E-state index contributed by atoms with van der Waals surface area (Å²) in [6, 6.07) is 6.85. The minimum atomic E-state index is -4.03. The van der Waals surface area contributed by atoms with Crippen LogP contribution in [0.5, 0.6) is 11.5 Å². The van der Waals surface area contributed by atoms with E-state index in [-0.39, 0.29) is 23.2 Å². The molecule has 0 amide bonds. The highest BCUT2D eigenvalue weighted by Crippen LogP contribution is 2.32. The minimum absolute atomic E-state index is 0.0426. The highest BCUT2D eigenvalue weighted by molar-refractivity contribution is 7.89. The molecule has 2 aromatic heterocycles. The van der Waals surface area contributed by atoms with Crippen molar-refractivity contribution in [1.82, 2.24) is 14.9 Å². The van der Waals surface area contributed by atoms with Gasteiger partial charge in [0, 0.05) is 6.07 Å². The molecule has 170 valence electrons. The molecule has 10 nitrogen and oxygen atoms in total. The molecule has 0 spiro atoms. The molecule has 1 N–H and O–H groups in total. The number of ether oxygens (including phenoxy) is 3. The van der Waals surface area contributed by atoms with E-state index in [0.717, 1.165) is 4.88 Å². The summed E-state index contributed by atoms with van der Waals surface area (Å²) < 4.78 is 49.5. The van der Waals surface area contributed by atoms with Crippen LogP contribution in [0.2, 0.25) is 0 Å². The molecular formula is C20H21N3O7S2. The molecule has 3 heterocycles. The van der Waals surface area contributed by atoms with E-state index in [9.17, 15) is 13.2 Å². The molecule has 1 aliphatic heterocycles. The van der Waals surface area contributed by atoms with Gasteiger partial charge in [0.15, 0.2) is 18.1 Å². The number of esters is 1. The number of benzene rings is 1. The van der Waals surface area contributed by atoms with E-state index in [1.54, 1.807) is 13.8 Å². The number of carbonyl (C=O) groups excluding carboxylic acids is 1. The van der Waals surface area contributed by atoms with Crippen LogP contribution >= 0.6 is 11.3 Å². The molecule has 1 aliphatic rings. The van der Waals surface area contributed by atoms with Gasteiger partial charge in [-0.3, -0.25) is 4.79 Å². The Hall–Kier alpha value is -2.96. The summed E-state index contributed by atoms with van der Waals surface area (Å²) in [5, 5.41) is 5.67. The van der Waals surface area contributed by atoms with Crippen molar-refractivity contribution >= 4 is 27.3 Å². The zero-order valence-corrected chi connectivity index (χ0v) is 18.9. The van der Waals surface area contributed by atoms with Gasteiger partial charge in [0.2, 0.25) is 15.8 Å². The lowest BCUT2D eigenvalue weighted by Gasteiger charge is -2.22. The fraction of sp³-hybridized carbons (Fsp3) is 0.350. The molecule has 1 aromatic carbocycles. The van der Waals surface area contributed by atoms with Crippen molar-refractivity contribution in [3.05, 3.63) is 41.5 Å². The van der Waals surface area contributed by atoms with Crippen LogP contribution in [0.1, 0.15) is 19.7 Å². The molecule has 0 aliphatic carbocycles. The Bertz CT molecular complexity index is 1190. The van der Waals surface area contributed by atoms with E-state index >= 15 is 0 Å². The molecule has 32 heavy (non-hydrogen) atoms. The number of thiophene rings is 1. The molecule has 0 saturated carbocycles. The number of carbonyl (C=O) groups is 1. The molecule has 0 bridgehead atoms. The van der Waals surface area contributed by atoms with Crippen LogP contribution < -0.4 is 14.2 Å². The van der Waals surface area contributed by atoms with Crippen molar-refractivity contribution in [1.29, 1.82) is 0 Å². The molecule has 12 heteroatoms. The lowest BCUT2D eigenvalue weighted by atomic mass is 10.1. The van der Waals surface area contributed by atoms with Gasteiger partial charge in [-0.1, -0.05) is 25.1 Å². The van der Waals surface area contributed by atoms with Gasteiger partial charge < -0.3 is 18.7 Å². The van der Waals surface area contributed by atoms with Crippen molar-refractivity contribution < 1.29 is 31.9 Å². The zero-order chi connectivity index (χ0) is 22.7. The monoisotopic (exact) mass is 479 g/mol. The van der Waals surface area contributed by atoms with Gasteiger partial charge in [0.25, 0.3) is 5.89 Å². The van der Waals surface area contributed by atoms with Gasteiger partial charge in [-0.25, -0.2) is 8.42 Å². The van der Waals surface area contributed by atoms with Crippen molar-refractivity contribution in [3.63, 3.8) is 0 Å². The van der Waals surface area contributed by atoms with E-state index in [0.29, 0.717) is 30.6 Å². The number of hydrogen-bond donors (Lipinski definition) is 1. The van der Waals surface area contributed by atoms with E-state index in [2.05, 4.69) is 14.9 Å². The van der Waals surface area contributed by atoms with Crippen LogP contribution in [0.15, 0.2) is 45.1 Å². The van der Waals surface area contributed by atoms with Gasteiger partial charge in [-0.05, 0) is 29.5 Å². The standard InChI is InChI=1S/C20H21N3O7S2/c1-12(2)18(20(24)29-11-17-21-19(30-22-17)16-4-3-9-31-16)23-32(25,26)13-5-6-14-15(10-13)28-8-7-27-14/h3-6,9-10,12,18,23H,7-8,11H2,1-2H3. The largest absolute Gasteiger partial charge is 0.486 e. The van der Waals surface area contributed by atoms with Crippen LogP contribution in [0, 0.1) is 5.92 Å². The van der Waals surface area contributed by atoms with Crippen molar-refractivity contribution in [2.75, 3.05) is 13.2 Å². The maximum atomic E-state index is 12.9. The number of hydrogen-bond acceptors (Lipinski definition) is 10. The van der Waals surface area contributed by atoms with Crippen LogP contribution in [0.25, 0.3) is 10.8 Å². The molecule has 1 atom stereocenters. The van der Waals surface area contributed by atoms with Crippen LogP contribution in [-0.4, -0.2) is 43.8 Å². The lowest BCUT2D eigenvalue weighted by Crippen LogP contribution is -2.45. The normalized spacial score (nSPS) is 14.3. The predicted octanol–water partition coefficient (Wildman–Crippen LogP) is 2.62. The smallest absolute Gasteiger partial charge is 0.324 e. The maximum absolute atomic E-state index is 12.9. The molecule has 0 radical (unpaired) electrons. The summed E-state index contributed by atoms with van der Waals surface area (Å²) in [6.07, 6.45) is 0. The second-order valence-electron chi connectivity index (χ2n) is 7.25. The highest BCUT2D eigenvalue weighted by atomic mass is 32.2. The average molecular weight is 480 g/mol. The van der Waals surface area contributed by atoms with Gasteiger partial charge in [0.1, 0.15) is 19.3 Å². The Morgan fingerprint density at radius 3 is 2.72 bits per heavy atom. The van der Waals surface area contributed by atoms with Crippen LogP contribution in [-0.2, 0) is 26.2 Å². The Kier molecular flexibility index (Phi) is 6.44. The molecule has 0 fully saturated rings. The van der Waals surface area contributed by atoms with Crippen LogP contribution in [0.3, 0.4) is 0 Å². The Morgan fingerprint density at radius 2 is 2.00 bits per heavy atom. The number of fused-ring (bicyclic) bond motifs is 1. The molecular weight excluding hydrogens is 458 g/mol. The number of sulfonamides is 1. The van der Waals surface area contributed by atoms with Crippen molar-refractivity contribution in [2.45, 2.75) is 31.4 Å². The summed E-state index contributed by atoms with van der Waals surface area (Å²) in [5.74, 6) is 0.188. The van der Waals surface area contributed by atoms with E-state index in [1.165, 1.54) is 29.5 Å². The molecule has 1 unspecified atom stereocenters. The average Bonchev–Trinajstić information content (AvgIpc) is 3.47. The highest BCUT2D eigenvalue weighted by Gasteiger charge is 2.31. The van der Waals surface area contributed by atoms with E-state index in [1.807, 2.05) is 17.5 Å². The minimum Gasteiger partial charge on any atom is -0.486 e. The number of nitrogens with zero attached hydrogens (tertiary/aromatic N) is 2. The Balaban J connectivity index is 1.43. The third-order valence-corrected chi connectivity index (χ3v) is 6.87. The number of aromatic nitrogens is 2. The second kappa shape index (κ2) is 9.27. The van der Waals surface area contributed by atoms with Crippen LogP contribution in [0.4, 0.5) is 0 Å². The third kappa shape index (κ3) is 4.92.